The van der Waals surface area contributed by atoms with Crippen LogP contribution in [0.1, 0.15) is 35.6 Å². The van der Waals surface area contributed by atoms with Crippen LogP contribution >= 0.6 is 0 Å². The molecule has 2 aromatic carbocycles. The molecule has 0 bridgehead atoms. The zero-order valence-electron chi connectivity index (χ0n) is 16.7. The number of carboxylic acid groups (broad SMARTS) is 1. The molecule has 1 aliphatic rings. The normalized spacial score (nSPS) is 17.7. The van der Waals surface area contributed by atoms with E-state index < -0.39 is 29.9 Å². The molecule has 30 heavy (non-hydrogen) atoms. The van der Waals surface area contributed by atoms with Crippen LogP contribution in [0.25, 0.3) is 0 Å². The lowest BCUT2D eigenvalue weighted by Crippen LogP contribution is -2.49. The number of fused-ring (bicyclic) bond motifs is 1. The quantitative estimate of drug-likeness (QED) is 0.527. The highest BCUT2D eigenvalue weighted by Gasteiger charge is 2.26. The smallest absolute Gasteiger partial charge is 0.404 e. The summed E-state index contributed by atoms with van der Waals surface area (Å²) in [6.07, 6.45) is 0.291. The van der Waals surface area contributed by atoms with Gasteiger partial charge in [-0.2, -0.15) is 0 Å². The van der Waals surface area contributed by atoms with Crippen LogP contribution in [0.2, 0.25) is 0 Å². The molecule has 162 valence electrons. The Hall–Kier alpha value is -2.71. The molecule has 0 aromatic heterocycles. The first kappa shape index (κ1) is 22.0. The molecule has 1 aliphatic carbocycles. The van der Waals surface area contributed by atoms with Crippen LogP contribution in [0.4, 0.5) is 13.6 Å². The van der Waals surface area contributed by atoms with Crippen LogP contribution in [-0.2, 0) is 12.8 Å². The van der Waals surface area contributed by atoms with Gasteiger partial charge >= 0.3 is 6.09 Å². The zero-order chi connectivity index (χ0) is 21.7. The first-order valence-electron chi connectivity index (χ1n) is 9.89. The third-order valence-electron chi connectivity index (χ3n) is 5.41. The lowest BCUT2D eigenvalue weighted by Gasteiger charge is -2.30. The van der Waals surface area contributed by atoms with Crippen LogP contribution in [0.3, 0.4) is 0 Å². The van der Waals surface area contributed by atoms with Crippen LogP contribution < -0.4 is 15.4 Å². The van der Waals surface area contributed by atoms with E-state index in [4.69, 9.17) is 9.84 Å². The van der Waals surface area contributed by atoms with E-state index in [0.29, 0.717) is 0 Å². The van der Waals surface area contributed by atoms with Crippen molar-refractivity contribution in [1.29, 1.82) is 0 Å². The number of nitrogens with one attached hydrogen (secondary N) is 2. The molecule has 0 fully saturated rings. The van der Waals surface area contributed by atoms with Crippen molar-refractivity contribution in [2.24, 2.45) is 0 Å². The highest BCUT2D eigenvalue weighted by molar-refractivity contribution is 5.65. The van der Waals surface area contributed by atoms with Gasteiger partial charge in [0.05, 0.1) is 19.3 Å². The maximum absolute atomic E-state index is 13.5. The van der Waals surface area contributed by atoms with Crippen molar-refractivity contribution in [1.82, 2.24) is 10.6 Å². The Bertz CT molecular complexity index is 873. The summed E-state index contributed by atoms with van der Waals surface area (Å²) in [5.74, 6) is -0.669. The fourth-order valence-electron chi connectivity index (χ4n) is 4.05. The summed E-state index contributed by atoms with van der Waals surface area (Å²) < 4.78 is 32.4. The number of ether oxygens (including phenoxy) is 1. The first-order chi connectivity index (χ1) is 14.4. The number of amides is 1. The Morgan fingerprint density at radius 1 is 1.27 bits per heavy atom. The number of aliphatic hydroxyl groups is 1. The zero-order valence-corrected chi connectivity index (χ0v) is 16.7. The van der Waals surface area contributed by atoms with Gasteiger partial charge in [0.25, 0.3) is 0 Å². The molecule has 1 unspecified atom stereocenters. The highest BCUT2D eigenvalue weighted by Crippen LogP contribution is 2.35. The molecular weight excluding hydrogens is 394 g/mol. The Labute approximate surface area is 173 Å². The minimum Gasteiger partial charge on any atom is -0.496 e. The number of benzene rings is 2. The summed E-state index contributed by atoms with van der Waals surface area (Å²) in [5.41, 5.74) is 2.49. The molecule has 6 nitrogen and oxygen atoms in total. The molecular formula is C22H26F2N2O4. The topological polar surface area (TPSA) is 90.8 Å². The third kappa shape index (κ3) is 5.46. The van der Waals surface area contributed by atoms with E-state index in [-0.39, 0.29) is 24.6 Å². The van der Waals surface area contributed by atoms with Crippen LogP contribution in [-0.4, -0.2) is 42.1 Å². The van der Waals surface area contributed by atoms with Crippen molar-refractivity contribution in [3.8, 4) is 5.75 Å². The Kier molecular flexibility index (Phi) is 7.23. The van der Waals surface area contributed by atoms with E-state index >= 15 is 0 Å². The number of aliphatic hydroxyl groups excluding tert-OH is 1. The Morgan fingerprint density at radius 2 is 2.00 bits per heavy atom. The summed E-state index contributed by atoms with van der Waals surface area (Å²) in [7, 11) is 1.63. The predicted molar refractivity (Wildman–Crippen MR) is 108 cm³/mol. The average molecular weight is 420 g/mol. The van der Waals surface area contributed by atoms with Crippen molar-refractivity contribution in [3.63, 3.8) is 0 Å². The molecule has 0 aliphatic heterocycles. The second kappa shape index (κ2) is 9.86. The summed E-state index contributed by atoms with van der Waals surface area (Å²) in [6, 6.07) is 7.93. The van der Waals surface area contributed by atoms with E-state index in [1.54, 1.807) is 7.11 Å². The largest absolute Gasteiger partial charge is 0.496 e. The molecule has 1 amide bonds. The van der Waals surface area contributed by atoms with Crippen molar-refractivity contribution in [2.75, 3.05) is 13.7 Å². The molecule has 8 heteroatoms. The third-order valence-corrected chi connectivity index (χ3v) is 5.41. The predicted octanol–water partition coefficient (Wildman–Crippen LogP) is 3.18. The molecule has 3 rings (SSSR count). The summed E-state index contributed by atoms with van der Waals surface area (Å²) >= 11 is 0. The van der Waals surface area contributed by atoms with Gasteiger partial charge < -0.3 is 25.6 Å². The molecule has 3 atom stereocenters. The van der Waals surface area contributed by atoms with Gasteiger partial charge in [-0.1, -0.05) is 12.1 Å². The molecule has 0 saturated heterocycles. The lowest BCUT2D eigenvalue weighted by atomic mass is 9.87. The number of halogens is 2. The lowest BCUT2D eigenvalue weighted by molar-refractivity contribution is 0.114. The number of methoxy groups -OCH3 is 1. The molecule has 4 N–H and O–H groups in total. The van der Waals surface area contributed by atoms with Gasteiger partial charge in [-0.3, -0.25) is 0 Å². The maximum atomic E-state index is 13.5. The average Bonchev–Trinajstić information content (AvgIpc) is 2.69. The van der Waals surface area contributed by atoms with Crippen molar-refractivity contribution < 1.29 is 28.5 Å². The number of carbonyl (C=O) groups is 1. The monoisotopic (exact) mass is 420 g/mol. The van der Waals surface area contributed by atoms with E-state index in [1.807, 2.05) is 18.2 Å². The van der Waals surface area contributed by atoms with E-state index in [9.17, 15) is 18.7 Å². The van der Waals surface area contributed by atoms with Gasteiger partial charge in [0.2, 0.25) is 0 Å². The van der Waals surface area contributed by atoms with Gasteiger partial charge in [0, 0.05) is 18.7 Å². The van der Waals surface area contributed by atoms with E-state index in [2.05, 4.69) is 10.6 Å². The minimum absolute atomic E-state index is 0.00408. The van der Waals surface area contributed by atoms with Crippen molar-refractivity contribution in [3.05, 3.63) is 64.7 Å². The molecule has 0 spiro atoms. The van der Waals surface area contributed by atoms with Crippen molar-refractivity contribution >= 4 is 6.09 Å². The number of rotatable bonds is 8. The van der Waals surface area contributed by atoms with Gasteiger partial charge in [0.15, 0.2) is 0 Å². The van der Waals surface area contributed by atoms with Crippen molar-refractivity contribution in [2.45, 2.75) is 43.9 Å². The molecule has 0 heterocycles. The fourth-order valence-corrected chi connectivity index (χ4v) is 4.05. The summed E-state index contributed by atoms with van der Waals surface area (Å²) in [4.78, 5) is 11.2. The number of hydrogen-bond acceptors (Lipinski definition) is 4. The molecule has 0 saturated carbocycles. The summed E-state index contributed by atoms with van der Waals surface area (Å²) in [5, 5.41) is 25.3. The van der Waals surface area contributed by atoms with Gasteiger partial charge in [-0.05, 0) is 60.6 Å². The summed E-state index contributed by atoms with van der Waals surface area (Å²) in [6.45, 7) is 0.115. The second-order valence-corrected chi connectivity index (χ2v) is 7.49. The standard InChI is InChI=1S/C22H26F2N2O4/c1-30-21-7-3-4-16-17(21)5-2-6-18(16)25-12-20(27)19(26-22(28)29)10-13-8-14(23)11-15(24)9-13/h3-4,7-9,11,18-20,25-27H,2,5-6,10,12H2,1H3,(H,28,29)/t18?,19-,20+/m0/s1. The second-order valence-electron chi connectivity index (χ2n) is 7.49. The molecule has 2 aromatic rings. The van der Waals surface area contributed by atoms with Gasteiger partial charge in [-0.15, -0.1) is 0 Å². The van der Waals surface area contributed by atoms with Crippen LogP contribution in [0.15, 0.2) is 36.4 Å². The van der Waals surface area contributed by atoms with Gasteiger partial charge in [-0.25, -0.2) is 13.6 Å². The maximum Gasteiger partial charge on any atom is 0.404 e. The fraction of sp³-hybridized carbons (Fsp3) is 0.409. The van der Waals surface area contributed by atoms with Gasteiger partial charge in [0.1, 0.15) is 17.4 Å². The highest BCUT2D eigenvalue weighted by atomic mass is 19.1. The minimum atomic E-state index is -1.32. The van der Waals surface area contributed by atoms with E-state index in [1.165, 1.54) is 0 Å². The SMILES string of the molecule is COc1cccc2c1CCCC2NC[C@@H](O)[C@H](Cc1cc(F)cc(F)c1)NC(=O)O. The van der Waals surface area contributed by atoms with Crippen LogP contribution in [0.5, 0.6) is 5.75 Å². The molecule has 0 radical (unpaired) electrons. The van der Waals surface area contributed by atoms with Crippen LogP contribution in [0, 0.1) is 11.6 Å². The van der Waals surface area contributed by atoms with E-state index in [0.717, 1.165) is 54.3 Å². The Balaban J connectivity index is 1.69. The first-order valence-corrected chi connectivity index (χ1v) is 9.89. The Morgan fingerprint density at radius 3 is 2.67 bits per heavy atom. The number of hydrogen-bond donors (Lipinski definition) is 4.